The normalized spacial score (nSPS) is 15.8. The van der Waals surface area contributed by atoms with E-state index in [0.717, 1.165) is 36.2 Å². The van der Waals surface area contributed by atoms with Gasteiger partial charge >= 0.3 is 0 Å². The summed E-state index contributed by atoms with van der Waals surface area (Å²) in [4.78, 5) is 11.2. The van der Waals surface area contributed by atoms with Gasteiger partial charge in [0.2, 0.25) is 0 Å². The van der Waals surface area contributed by atoms with Crippen molar-refractivity contribution in [2.24, 2.45) is 5.92 Å². The lowest BCUT2D eigenvalue weighted by atomic mass is 9.85. The van der Waals surface area contributed by atoms with Gasteiger partial charge in [0.15, 0.2) is 11.0 Å². The minimum atomic E-state index is 0.536. The van der Waals surface area contributed by atoms with E-state index in [9.17, 15) is 0 Å². The molecule has 0 radical (unpaired) electrons. The van der Waals surface area contributed by atoms with E-state index in [1.807, 2.05) is 13.8 Å². The molecule has 94 valence electrons. The van der Waals surface area contributed by atoms with E-state index < -0.39 is 0 Å². The predicted molar refractivity (Wildman–Crippen MR) is 71.7 cm³/mol. The van der Waals surface area contributed by atoms with Crippen molar-refractivity contribution in [2.75, 3.05) is 18.0 Å². The average molecular weight is 254 g/mol. The Morgan fingerprint density at radius 2 is 1.88 bits per heavy atom. The van der Waals surface area contributed by atoms with Crippen LogP contribution in [0.2, 0.25) is 5.15 Å². The van der Waals surface area contributed by atoms with Crippen LogP contribution in [0.5, 0.6) is 0 Å². The second-order valence-corrected chi connectivity index (χ2v) is 5.20. The molecule has 0 aliphatic heterocycles. The number of anilines is 1. The summed E-state index contributed by atoms with van der Waals surface area (Å²) in [5.74, 6) is 1.67. The zero-order valence-corrected chi connectivity index (χ0v) is 11.6. The Hall–Kier alpha value is -0.830. The molecule has 0 saturated heterocycles. The molecule has 0 bridgehead atoms. The zero-order chi connectivity index (χ0) is 12.4. The van der Waals surface area contributed by atoms with Crippen molar-refractivity contribution in [1.29, 1.82) is 0 Å². The fourth-order valence-electron chi connectivity index (χ4n) is 2.12. The van der Waals surface area contributed by atoms with Gasteiger partial charge in [-0.15, -0.1) is 0 Å². The van der Waals surface area contributed by atoms with Gasteiger partial charge in [0, 0.05) is 13.1 Å². The summed E-state index contributed by atoms with van der Waals surface area (Å²) < 4.78 is 0. The molecule has 0 aromatic carbocycles. The Balaban J connectivity index is 2.19. The van der Waals surface area contributed by atoms with Crippen LogP contribution in [0.25, 0.3) is 0 Å². The van der Waals surface area contributed by atoms with E-state index in [0.29, 0.717) is 5.15 Å². The standard InChI is InChI=1S/C13H20ClN3/c1-4-17(8-11-6-5-7-11)13-12(14)15-9(2)10(3)16-13/h11H,4-8H2,1-3H3. The number of hydrogen-bond donors (Lipinski definition) is 0. The summed E-state index contributed by atoms with van der Waals surface area (Å²) in [6.07, 6.45) is 4.05. The molecule has 2 rings (SSSR count). The largest absolute Gasteiger partial charge is 0.354 e. The van der Waals surface area contributed by atoms with Gasteiger partial charge in [0.25, 0.3) is 0 Å². The molecule has 1 aliphatic rings. The second kappa shape index (κ2) is 5.21. The third kappa shape index (κ3) is 2.71. The number of aromatic nitrogens is 2. The Labute approximate surface area is 108 Å². The lowest BCUT2D eigenvalue weighted by Crippen LogP contribution is -2.33. The topological polar surface area (TPSA) is 29.0 Å². The summed E-state index contributed by atoms with van der Waals surface area (Å²) in [6, 6.07) is 0. The van der Waals surface area contributed by atoms with Crippen LogP contribution in [-0.4, -0.2) is 23.1 Å². The molecule has 0 atom stereocenters. The van der Waals surface area contributed by atoms with Crippen LogP contribution in [-0.2, 0) is 0 Å². The molecule has 1 saturated carbocycles. The van der Waals surface area contributed by atoms with Gasteiger partial charge in [-0.2, -0.15) is 0 Å². The minimum absolute atomic E-state index is 0.536. The van der Waals surface area contributed by atoms with Crippen LogP contribution in [0, 0.1) is 19.8 Å². The summed E-state index contributed by atoms with van der Waals surface area (Å²) in [6.45, 7) is 8.08. The Kier molecular flexibility index (Phi) is 3.87. The van der Waals surface area contributed by atoms with Crippen LogP contribution in [0.4, 0.5) is 5.82 Å². The fraction of sp³-hybridized carbons (Fsp3) is 0.692. The van der Waals surface area contributed by atoms with Crippen molar-refractivity contribution in [3.05, 3.63) is 16.5 Å². The summed E-state index contributed by atoms with van der Waals surface area (Å²) in [5.41, 5.74) is 1.88. The highest BCUT2D eigenvalue weighted by Crippen LogP contribution is 2.30. The third-order valence-electron chi connectivity index (χ3n) is 3.63. The molecule has 3 nitrogen and oxygen atoms in total. The number of rotatable bonds is 4. The molecule has 17 heavy (non-hydrogen) atoms. The van der Waals surface area contributed by atoms with Crippen LogP contribution < -0.4 is 4.90 Å². The average Bonchev–Trinajstić information content (AvgIpc) is 2.23. The first-order valence-corrected chi connectivity index (χ1v) is 6.75. The maximum atomic E-state index is 6.20. The molecule has 0 spiro atoms. The van der Waals surface area contributed by atoms with Gasteiger partial charge in [-0.05, 0) is 39.5 Å². The minimum Gasteiger partial charge on any atom is -0.354 e. The maximum absolute atomic E-state index is 6.20. The molecule has 1 heterocycles. The Morgan fingerprint density at radius 3 is 2.41 bits per heavy atom. The van der Waals surface area contributed by atoms with Gasteiger partial charge in [0.05, 0.1) is 11.4 Å². The molecule has 1 aromatic rings. The van der Waals surface area contributed by atoms with Crippen LogP contribution in [0.3, 0.4) is 0 Å². The number of halogens is 1. The monoisotopic (exact) mass is 253 g/mol. The SMILES string of the molecule is CCN(CC1CCC1)c1nc(C)c(C)nc1Cl. The first-order chi connectivity index (χ1) is 8.11. The van der Waals surface area contributed by atoms with Crippen molar-refractivity contribution in [3.63, 3.8) is 0 Å². The first kappa shape index (κ1) is 12.6. The van der Waals surface area contributed by atoms with E-state index in [2.05, 4.69) is 21.8 Å². The lowest BCUT2D eigenvalue weighted by Gasteiger charge is -2.32. The predicted octanol–water partition coefficient (Wildman–Crippen LogP) is 3.37. The summed E-state index contributed by atoms with van der Waals surface area (Å²) in [5, 5.41) is 0.536. The number of nitrogens with zero attached hydrogens (tertiary/aromatic N) is 3. The summed E-state index contributed by atoms with van der Waals surface area (Å²) >= 11 is 6.20. The molecule has 0 unspecified atom stereocenters. The second-order valence-electron chi connectivity index (χ2n) is 4.84. The maximum Gasteiger partial charge on any atom is 0.171 e. The number of aryl methyl sites for hydroxylation is 2. The van der Waals surface area contributed by atoms with Crippen molar-refractivity contribution in [3.8, 4) is 0 Å². The fourth-order valence-corrected chi connectivity index (χ4v) is 2.41. The molecule has 4 heteroatoms. The highest BCUT2D eigenvalue weighted by atomic mass is 35.5. The van der Waals surface area contributed by atoms with E-state index in [-0.39, 0.29) is 0 Å². The smallest absolute Gasteiger partial charge is 0.171 e. The van der Waals surface area contributed by atoms with Crippen LogP contribution >= 0.6 is 11.6 Å². The molecule has 1 aromatic heterocycles. The molecular weight excluding hydrogens is 234 g/mol. The summed E-state index contributed by atoms with van der Waals surface area (Å²) in [7, 11) is 0. The lowest BCUT2D eigenvalue weighted by molar-refractivity contribution is 0.318. The van der Waals surface area contributed by atoms with Crippen molar-refractivity contribution in [2.45, 2.75) is 40.0 Å². The van der Waals surface area contributed by atoms with E-state index in [4.69, 9.17) is 11.6 Å². The zero-order valence-electron chi connectivity index (χ0n) is 10.8. The van der Waals surface area contributed by atoms with Crippen molar-refractivity contribution < 1.29 is 0 Å². The first-order valence-electron chi connectivity index (χ1n) is 6.37. The van der Waals surface area contributed by atoms with Crippen molar-refractivity contribution in [1.82, 2.24) is 9.97 Å². The van der Waals surface area contributed by atoms with Gasteiger partial charge in [-0.25, -0.2) is 9.97 Å². The Morgan fingerprint density at radius 1 is 1.24 bits per heavy atom. The number of hydrogen-bond acceptors (Lipinski definition) is 3. The van der Waals surface area contributed by atoms with Gasteiger partial charge in [0.1, 0.15) is 0 Å². The third-order valence-corrected chi connectivity index (χ3v) is 3.89. The van der Waals surface area contributed by atoms with E-state index >= 15 is 0 Å². The van der Waals surface area contributed by atoms with Crippen LogP contribution in [0.15, 0.2) is 0 Å². The molecule has 0 N–H and O–H groups in total. The molecular formula is C13H20ClN3. The van der Waals surface area contributed by atoms with Crippen molar-refractivity contribution >= 4 is 17.4 Å². The molecule has 0 amide bonds. The highest BCUT2D eigenvalue weighted by molar-refractivity contribution is 6.31. The van der Waals surface area contributed by atoms with Gasteiger partial charge < -0.3 is 4.90 Å². The van der Waals surface area contributed by atoms with Crippen LogP contribution in [0.1, 0.15) is 37.6 Å². The molecule has 1 aliphatic carbocycles. The molecule has 1 fully saturated rings. The van der Waals surface area contributed by atoms with E-state index in [1.54, 1.807) is 0 Å². The highest BCUT2D eigenvalue weighted by Gasteiger charge is 2.22. The van der Waals surface area contributed by atoms with Gasteiger partial charge in [-0.1, -0.05) is 18.0 Å². The quantitative estimate of drug-likeness (QED) is 0.824. The van der Waals surface area contributed by atoms with E-state index in [1.165, 1.54) is 19.3 Å². The van der Waals surface area contributed by atoms with Gasteiger partial charge in [-0.3, -0.25) is 0 Å². The Bertz CT molecular complexity index is 402.